The molecule has 1 atom stereocenters. The molecule has 0 fully saturated rings. The molecule has 0 aromatic heterocycles. The largest absolute Gasteiger partial charge is 0.480 e. The number of carbonyl (C=O) groups is 1. The van der Waals surface area contributed by atoms with Crippen LogP contribution in [0, 0.1) is 0 Å². The van der Waals surface area contributed by atoms with Crippen molar-refractivity contribution in [3.05, 3.63) is 0 Å². The van der Waals surface area contributed by atoms with E-state index >= 15 is 0 Å². The summed E-state index contributed by atoms with van der Waals surface area (Å²) in [4.78, 5) is 10.6. The van der Waals surface area contributed by atoms with Crippen molar-refractivity contribution < 1.29 is 18.3 Å². The molecule has 6 nitrogen and oxygen atoms in total. The van der Waals surface area contributed by atoms with Gasteiger partial charge in [0, 0.05) is 6.54 Å². The average Bonchev–Trinajstić information content (AvgIpc) is 2.02. The summed E-state index contributed by atoms with van der Waals surface area (Å²) in [6.07, 6.45) is 0.881. The maximum absolute atomic E-state index is 11.1. The first-order chi connectivity index (χ1) is 6.43. The quantitative estimate of drug-likeness (QED) is 0.552. The molecule has 0 aliphatic carbocycles. The van der Waals surface area contributed by atoms with E-state index in [2.05, 4.69) is 9.44 Å². The Kier molecular flexibility index (Phi) is 5.66. The van der Waals surface area contributed by atoms with Crippen LogP contribution >= 0.6 is 0 Å². The van der Waals surface area contributed by atoms with Gasteiger partial charge in [0.05, 0.1) is 0 Å². The molecule has 0 saturated carbocycles. The fourth-order valence-corrected chi connectivity index (χ4v) is 2.00. The lowest BCUT2D eigenvalue weighted by molar-refractivity contribution is -0.139. The second kappa shape index (κ2) is 5.94. The predicted octanol–water partition coefficient (Wildman–Crippen LogP) is -0.316. The third kappa shape index (κ3) is 5.15. The molecule has 14 heavy (non-hydrogen) atoms. The molecular weight excluding hydrogens is 208 g/mol. The lowest BCUT2D eigenvalue weighted by Gasteiger charge is -2.13. The molecular formula is C7H16N2O4S. The minimum absolute atomic E-state index is 0.230. The standard InChI is InChI=1S/C7H16N2O4S/c1-3-5-6(7(10)11)9-14(12,13)8-4-2/h6,8-9H,3-5H2,1-2H3,(H,10,11)/t6-/m0/s1. The Labute approximate surface area is 83.9 Å². The zero-order chi connectivity index (χ0) is 11.2. The number of nitrogens with one attached hydrogen (secondary N) is 2. The van der Waals surface area contributed by atoms with E-state index in [0.717, 1.165) is 0 Å². The van der Waals surface area contributed by atoms with Crippen molar-refractivity contribution >= 4 is 16.2 Å². The van der Waals surface area contributed by atoms with Gasteiger partial charge in [0.2, 0.25) is 0 Å². The van der Waals surface area contributed by atoms with Gasteiger partial charge in [-0.1, -0.05) is 20.3 Å². The number of carboxylic acids is 1. The molecule has 0 amide bonds. The van der Waals surface area contributed by atoms with Crippen LogP contribution in [0.25, 0.3) is 0 Å². The summed E-state index contributed by atoms with van der Waals surface area (Å²) in [7, 11) is -3.68. The highest BCUT2D eigenvalue weighted by molar-refractivity contribution is 7.87. The molecule has 0 rings (SSSR count). The van der Waals surface area contributed by atoms with Gasteiger partial charge in [0.1, 0.15) is 6.04 Å². The van der Waals surface area contributed by atoms with Gasteiger partial charge >= 0.3 is 5.97 Å². The Hall–Kier alpha value is -0.660. The van der Waals surface area contributed by atoms with E-state index in [4.69, 9.17) is 5.11 Å². The van der Waals surface area contributed by atoms with Gasteiger partial charge in [-0.25, -0.2) is 4.72 Å². The molecule has 0 aliphatic rings. The van der Waals surface area contributed by atoms with Crippen LogP contribution in [0.3, 0.4) is 0 Å². The summed E-state index contributed by atoms with van der Waals surface area (Å²) < 4.78 is 26.5. The maximum Gasteiger partial charge on any atom is 0.321 e. The molecule has 0 spiro atoms. The van der Waals surface area contributed by atoms with Crippen LogP contribution in [0.2, 0.25) is 0 Å². The third-order valence-corrected chi connectivity index (χ3v) is 2.77. The summed E-state index contributed by atoms with van der Waals surface area (Å²) in [5, 5.41) is 8.68. The van der Waals surface area contributed by atoms with Crippen molar-refractivity contribution in [3.63, 3.8) is 0 Å². The molecule has 0 unspecified atom stereocenters. The van der Waals surface area contributed by atoms with Crippen molar-refractivity contribution in [1.82, 2.24) is 9.44 Å². The lowest BCUT2D eigenvalue weighted by atomic mass is 10.2. The van der Waals surface area contributed by atoms with Crippen LogP contribution < -0.4 is 9.44 Å². The predicted molar refractivity (Wildman–Crippen MR) is 52.1 cm³/mol. The lowest BCUT2D eigenvalue weighted by Crippen LogP contribution is -2.46. The van der Waals surface area contributed by atoms with Crippen LogP contribution in [0.4, 0.5) is 0 Å². The van der Waals surface area contributed by atoms with E-state index in [0.29, 0.717) is 6.42 Å². The average molecular weight is 224 g/mol. The number of carboxylic acid groups (broad SMARTS) is 1. The van der Waals surface area contributed by atoms with E-state index in [1.54, 1.807) is 13.8 Å². The molecule has 84 valence electrons. The van der Waals surface area contributed by atoms with Crippen LogP contribution in [-0.2, 0) is 15.0 Å². The van der Waals surface area contributed by atoms with Gasteiger partial charge in [-0.05, 0) is 6.42 Å². The van der Waals surface area contributed by atoms with Crippen molar-refractivity contribution in [3.8, 4) is 0 Å². The molecule has 0 radical (unpaired) electrons. The first kappa shape index (κ1) is 13.3. The molecule has 0 aromatic carbocycles. The molecule has 0 bridgehead atoms. The number of hydrogen-bond acceptors (Lipinski definition) is 3. The highest BCUT2D eigenvalue weighted by atomic mass is 32.2. The molecule has 0 aromatic rings. The maximum atomic E-state index is 11.1. The summed E-state index contributed by atoms with van der Waals surface area (Å²) in [5.74, 6) is -1.16. The molecule has 3 N–H and O–H groups in total. The zero-order valence-electron chi connectivity index (χ0n) is 8.28. The Bertz CT molecular complexity index is 275. The molecule has 0 aliphatic heterocycles. The first-order valence-electron chi connectivity index (χ1n) is 4.42. The Balaban J connectivity index is 4.36. The highest BCUT2D eigenvalue weighted by Gasteiger charge is 2.21. The van der Waals surface area contributed by atoms with E-state index in [1.165, 1.54) is 0 Å². The van der Waals surface area contributed by atoms with Crippen molar-refractivity contribution in [2.45, 2.75) is 32.7 Å². The van der Waals surface area contributed by atoms with Crippen molar-refractivity contribution in [1.29, 1.82) is 0 Å². The molecule has 0 heterocycles. The SMILES string of the molecule is CCC[C@H](NS(=O)(=O)NCC)C(=O)O. The zero-order valence-corrected chi connectivity index (χ0v) is 9.10. The van der Waals surface area contributed by atoms with Crippen LogP contribution in [0.5, 0.6) is 0 Å². The molecule has 7 heteroatoms. The van der Waals surface area contributed by atoms with Gasteiger partial charge < -0.3 is 5.11 Å². The Morgan fingerprint density at radius 3 is 2.36 bits per heavy atom. The summed E-state index contributed by atoms with van der Waals surface area (Å²) in [5.41, 5.74) is 0. The van der Waals surface area contributed by atoms with Gasteiger partial charge in [0.25, 0.3) is 10.2 Å². The third-order valence-electron chi connectivity index (χ3n) is 1.51. The van der Waals surface area contributed by atoms with Crippen LogP contribution in [0.15, 0.2) is 0 Å². The second-order valence-electron chi connectivity index (χ2n) is 2.80. The van der Waals surface area contributed by atoms with Crippen molar-refractivity contribution in [2.75, 3.05) is 6.54 Å². The minimum Gasteiger partial charge on any atom is -0.480 e. The van der Waals surface area contributed by atoms with E-state index < -0.39 is 22.2 Å². The highest BCUT2D eigenvalue weighted by Crippen LogP contribution is 1.98. The van der Waals surface area contributed by atoms with Gasteiger partial charge in [-0.2, -0.15) is 13.1 Å². The Morgan fingerprint density at radius 1 is 1.43 bits per heavy atom. The van der Waals surface area contributed by atoms with Gasteiger partial charge in [-0.3, -0.25) is 4.79 Å². The summed E-state index contributed by atoms with van der Waals surface area (Å²) >= 11 is 0. The summed E-state index contributed by atoms with van der Waals surface area (Å²) in [6, 6.07) is -1.05. The van der Waals surface area contributed by atoms with Gasteiger partial charge in [-0.15, -0.1) is 0 Å². The van der Waals surface area contributed by atoms with E-state index in [9.17, 15) is 13.2 Å². The summed E-state index contributed by atoms with van der Waals surface area (Å²) in [6.45, 7) is 3.64. The second-order valence-corrected chi connectivity index (χ2v) is 4.33. The Morgan fingerprint density at radius 2 is 2.00 bits per heavy atom. The van der Waals surface area contributed by atoms with Crippen LogP contribution in [-0.4, -0.2) is 32.1 Å². The molecule has 0 saturated heterocycles. The number of rotatable bonds is 7. The smallest absolute Gasteiger partial charge is 0.321 e. The van der Waals surface area contributed by atoms with Crippen LogP contribution in [0.1, 0.15) is 26.7 Å². The first-order valence-corrected chi connectivity index (χ1v) is 5.91. The van der Waals surface area contributed by atoms with Gasteiger partial charge in [0.15, 0.2) is 0 Å². The normalized spacial score (nSPS) is 13.9. The van der Waals surface area contributed by atoms with E-state index in [-0.39, 0.29) is 13.0 Å². The van der Waals surface area contributed by atoms with Crippen molar-refractivity contribution in [2.24, 2.45) is 0 Å². The monoisotopic (exact) mass is 224 g/mol. The van der Waals surface area contributed by atoms with E-state index in [1.807, 2.05) is 0 Å². The number of aliphatic carboxylic acids is 1. The topological polar surface area (TPSA) is 95.5 Å². The fraction of sp³-hybridized carbons (Fsp3) is 0.857. The fourth-order valence-electron chi connectivity index (χ4n) is 0.940. The minimum atomic E-state index is -3.68. The number of hydrogen-bond donors (Lipinski definition) is 3.